The number of ether oxygens (including phenoxy) is 1. The minimum absolute atomic E-state index is 0.290. The van der Waals surface area contributed by atoms with Crippen molar-refractivity contribution in [1.29, 1.82) is 0 Å². The molecule has 1 atom stereocenters. The lowest BCUT2D eigenvalue weighted by Gasteiger charge is -2.08. The molecule has 0 bridgehead atoms. The number of carbonyl (C=O) groups excluding carboxylic acids is 1. The van der Waals surface area contributed by atoms with Gasteiger partial charge < -0.3 is 16.2 Å². The quantitative estimate of drug-likeness (QED) is 0.413. The molecule has 0 spiro atoms. The molecule has 0 aliphatic heterocycles. The predicted octanol–water partition coefficient (Wildman–Crippen LogP) is -0.711. The van der Waals surface area contributed by atoms with Gasteiger partial charge in [-0.15, -0.1) is 0 Å². The fourth-order valence-electron chi connectivity index (χ4n) is 0.908. The fraction of sp³-hybridized carbons (Fsp3) is 0.875. The molecule has 0 aliphatic carbocycles. The van der Waals surface area contributed by atoms with Gasteiger partial charge >= 0.3 is 5.97 Å². The van der Waals surface area contributed by atoms with E-state index < -0.39 is 6.04 Å². The van der Waals surface area contributed by atoms with Gasteiger partial charge in [0.15, 0.2) is 0 Å². The Hall–Kier alpha value is -0.610. The van der Waals surface area contributed by atoms with Crippen molar-refractivity contribution >= 4 is 5.97 Å². The number of carbonyl (C=O) groups is 1. The maximum absolute atomic E-state index is 11.0. The normalized spacial score (nSPS) is 12.6. The van der Waals surface area contributed by atoms with Gasteiger partial charge in [-0.3, -0.25) is 4.79 Å². The molecule has 0 aliphatic rings. The van der Waals surface area contributed by atoms with E-state index in [4.69, 9.17) is 10.5 Å². The molecule has 0 unspecified atom stereocenters. The van der Waals surface area contributed by atoms with Crippen LogP contribution in [0.5, 0.6) is 0 Å². The van der Waals surface area contributed by atoms with Gasteiger partial charge in [0.2, 0.25) is 0 Å². The smallest absolute Gasteiger partial charge is 0.322 e. The number of unbranched alkanes of at least 4 members (excludes halogenated alkanes) is 1. The lowest BCUT2D eigenvalue weighted by molar-refractivity contribution is -0.368. The zero-order chi connectivity index (χ0) is 9.40. The average Bonchev–Trinajstić information content (AvgIpc) is 2.05. The van der Waals surface area contributed by atoms with Gasteiger partial charge in [-0.1, -0.05) is 0 Å². The van der Waals surface area contributed by atoms with Crippen LogP contribution < -0.4 is 11.5 Å². The van der Waals surface area contributed by atoms with E-state index in [2.05, 4.69) is 5.73 Å². The Bertz CT molecular complexity index is 128. The highest BCUT2D eigenvalue weighted by molar-refractivity contribution is 5.75. The first kappa shape index (κ1) is 11.4. The number of nitrogens with two attached hydrogens (primary N) is 1. The SMILES string of the molecule is CCOC(=O)[C@@H](N)CCCC[NH3+]. The summed E-state index contributed by atoms with van der Waals surface area (Å²) in [6.45, 7) is 3.08. The van der Waals surface area contributed by atoms with Crippen molar-refractivity contribution in [1.82, 2.24) is 0 Å². The molecule has 0 amide bonds. The van der Waals surface area contributed by atoms with Crippen LogP contribution in [-0.2, 0) is 9.53 Å². The van der Waals surface area contributed by atoms with Crippen LogP contribution in [0.4, 0.5) is 0 Å². The molecule has 0 rings (SSSR count). The molecule has 0 heterocycles. The number of esters is 1. The molecule has 0 aromatic carbocycles. The maximum Gasteiger partial charge on any atom is 0.322 e. The van der Waals surface area contributed by atoms with Gasteiger partial charge in [0.05, 0.1) is 13.2 Å². The first-order chi connectivity index (χ1) is 5.72. The zero-order valence-electron chi connectivity index (χ0n) is 7.71. The highest BCUT2D eigenvalue weighted by atomic mass is 16.5. The number of hydrogen-bond donors (Lipinski definition) is 2. The minimum Gasteiger partial charge on any atom is -0.465 e. The molecule has 5 N–H and O–H groups in total. The molecular formula is C8H19N2O2+. The monoisotopic (exact) mass is 175 g/mol. The Morgan fingerprint density at radius 1 is 1.58 bits per heavy atom. The van der Waals surface area contributed by atoms with Crippen LogP contribution in [-0.4, -0.2) is 25.2 Å². The van der Waals surface area contributed by atoms with Crippen LogP contribution in [0.1, 0.15) is 26.2 Å². The van der Waals surface area contributed by atoms with E-state index in [1.165, 1.54) is 0 Å². The largest absolute Gasteiger partial charge is 0.465 e. The number of hydrogen-bond acceptors (Lipinski definition) is 3. The van der Waals surface area contributed by atoms with Crippen LogP contribution in [0.15, 0.2) is 0 Å². The second-order valence-electron chi connectivity index (χ2n) is 2.71. The molecule has 0 aromatic heterocycles. The number of rotatable bonds is 6. The third-order valence-electron chi connectivity index (χ3n) is 1.60. The van der Waals surface area contributed by atoms with Crippen molar-refractivity contribution in [2.75, 3.05) is 13.2 Å². The molecule has 0 fully saturated rings. The highest BCUT2D eigenvalue weighted by Crippen LogP contribution is 1.99. The summed E-state index contributed by atoms with van der Waals surface area (Å²) in [6.07, 6.45) is 2.67. The van der Waals surface area contributed by atoms with Gasteiger partial charge in [0.25, 0.3) is 0 Å². The molecule has 12 heavy (non-hydrogen) atoms. The summed E-state index contributed by atoms with van der Waals surface area (Å²) in [4.78, 5) is 11.0. The molecule has 4 nitrogen and oxygen atoms in total. The standard InChI is InChI=1S/C8H18N2O2/c1-2-12-8(11)7(10)5-3-4-6-9/h7H,2-6,9-10H2,1H3/p+1/t7-/m0/s1. The van der Waals surface area contributed by atoms with E-state index >= 15 is 0 Å². The second-order valence-corrected chi connectivity index (χ2v) is 2.71. The van der Waals surface area contributed by atoms with Crippen molar-refractivity contribution < 1.29 is 15.3 Å². The third-order valence-corrected chi connectivity index (χ3v) is 1.60. The van der Waals surface area contributed by atoms with E-state index in [0.717, 1.165) is 19.4 Å². The van der Waals surface area contributed by atoms with Crippen molar-refractivity contribution in [3.05, 3.63) is 0 Å². The minimum atomic E-state index is -0.448. The van der Waals surface area contributed by atoms with Gasteiger partial charge in [-0.05, 0) is 26.2 Å². The van der Waals surface area contributed by atoms with Gasteiger partial charge in [-0.2, -0.15) is 0 Å². The molecule has 72 valence electrons. The summed E-state index contributed by atoms with van der Waals surface area (Å²) < 4.78 is 4.75. The third kappa shape index (κ3) is 5.09. The topological polar surface area (TPSA) is 80.0 Å². The summed E-state index contributed by atoms with van der Waals surface area (Å²) >= 11 is 0. The van der Waals surface area contributed by atoms with Crippen LogP contribution in [0.3, 0.4) is 0 Å². The van der Waals surface area contributed by atoms with Crippen molar-refractivity contribution in [2.24, 2.45) is 5.73 Å². The van der Waals surface area contributed by atoms with Crippen LogP contribution in [0.25, 0.3) is 0 Å². The van der Waals surface area contributed by atoms with E-state index in [1.807, 2.05) is 0 Å². The van der Waals surface area contributed by atoms with Gasteiger partial charge in [0, 0.05) is 0 Å². The summed E-state index contributed by atoms with van der Waals surface area (Å²) in [6, 6.07) is -0.448. The Balaban J connectivity index is 3.42. The lowest BCUT2D eigenvalue weighted by atomic mass is 10.1. The Morgan fingerprint density at radius 2 is 2.25 bits per heavy atom. The fourth-order valence-corrected chi connectivity index (χ4v) is 0.908. The van der Waals surface area contributed by atoms with E-state index in [0.29, 0.717) is 13.0 Å². The molecule has 0 saturated heterocycles. The Morgan fingerprint density at radius 3 is 2.75 bits per heavy atom. The van der Waals surface area contributed by atoms with E-state index in [1.54, 1.807) is 6.92 Å². The molecule has 0 saturated carbocycles. The Kier molecular flexibility index (Phi) is 6.70. The molecule has 0 aromatic rings. The van der Waals surface area contributed by atoms with Crippen molar-refractivity contribution in [3.63, 3.8) is 0 Å². The summed E-state index contributed by atoms with van der Waals surface area (Å²) in [5.41, 5.74) is 9.26. The summed E-state index contributed by atoms with van der Waals surface area (Å²) in [5, 5.41) is 0. The maximum atomic E-state index is 11.0. The van der Waals surface area contributed by atoms with Crippen molar-refractivity contribution in [2.45, 2.75) is 32.2 Å². The van der Waals surface area contributed by atoms with Crippen LogP contribution in [0.2, 0.25) is 0 Å². The van der Waals surface area contributed by atoms with E-state index in [9.17, 15) is 4.79 Å². The molecule has 4 heteroatoms. The highest BCUT2D eigenvalue weighted by Gasteiger charge is 2.13. The Labute approximate surface area is 73.2 Å². The first-order valence-electron chi connectivity index (χ1n) is 4.43. The van der Waals surface area contributed by atoms with Crippen molar-refractivity contribution in [3.8, 4) is 0 Å². The first-order valence-corrected chi connectivity index (χ1v) is 4.43. The van der Waals surface area contributed by atoms with Crippen LogP contribution >= 0.6 is 0 Å². The lowest BCUT2D eigenvalue weighted by Crippen LogP contribution is -2.50. The second kappa shape index (κ2) is 7.06. The van der Waals surface area contributed by atoms with Gasteiger partial charge in [0.1, 0.15) is 6.04 Å². The van der Waals surface area contributed by atoms with Gasteiger partial charge in [-0.25, -0.2) is 0 Å². The summed E-state index contributed by atoms with van der Waals surface area (Å²) in [7, 11) is 0. The zero-order valence-corrected chi connectivity index (χ0v) is 7.71. The summed E-state index contributed by atoms with van der Waals surface area (Å²) in [5.74, 6) is -0.290. The molecule has 0 radical (unpaired) electrons. The predicted molar refractivity (Wildman–Crippen MR) is 46.2 cm³/mol. The van der Waals surface area contributed by atoms with E-state index in [-0.39, 0.29) is 5.97 Å². The molecular weight excluding hydrogens is 156 g/mol. The van der Waals surface area contributed by atoms with Crippen LogP contribution in [0, 0.1) is 0 Å². The average molecular weight is 175 g/mol. The number of quaternary nitrogens is 1.